The van der Waals surface area contributed by atoms with Crippen molar-refractivity contribution < 1.29 is 0 Å². The first-order chi connectivity index (χ1) is 30.8. The minimum atomic E-state index is 0. The number of pyridine rings is 2. The Morgan fingerprint density at radius 3 is 1.16 bits per heavy atom. The second-order valence-electron chi connectivity index (χ2n) is 16.4. The van der Waals surface area contributed by atoms with Gasteiger partial charge in [-0.25, -0.2) is 9.97 Å². The van der Waals surface area contributed by atoms with Gasteiger partial charge in [-0.3, -0.25) is 0 Å². The summed E-state index contributed by atoms with van der Waals surface area (Å²) in [5.74, 6) is 0. The van der Waals surface area contributed by atoms with Crippen molar-refractivity contribution in [3.8, 4) is 22.5 Å². The van der Waals surface area contributed by atoms with Gasteiger partial charge in [0.05, 0.1) is 33.8 Å². The Bertz CT molecular complexity index is 2860. The molecule has 0 unspecified atom stereocenters. The molecule has 4 aromatic heterocycles. The third kappa shape index (κ3) is 9.02. The zero-order chi connectivity index (χ0) is 41.5. The predicted molar refractivity (Wildman–Crippen MR) is 266 cm³/mol. The Morgan fingerprint density at radius 2 is 0.746 bits per heavy atom. The molecule has 0 amide bonds. The second kappa shape index (κ2) is 19.6. The number of unbranched alkanes of at least 4 members (excludes halogenated alkanes) is 3. The number of halogens is 1. The molecule has 2 N–H and O–H groups in total. The highest BCUT2D eigenvalue weighted by Crippen LogP contribution is 2.38. The summed E-state index contributed by atoms with van der Waals surface area (Å²) in [7, 11) is 0. The van der Waals surface area contributed by atoms with Gasteiger partial charge in [0.25, 0.3) is 0 Å². The van der Waals surface area contributed by atoms with E-state index in [4.69, 9.17) is 9.97 Å². The number of nitrogens with zero attached hydrogens (tertiary/aromatic N) is 4. The zero-order valence-electron chi connectivity index (χ0n) is 35.6. The van der Waals surface area contributed by atoms with E-state index < -0.39 is 0 Å². The fourth-order valence-electron chi connectivity index (χ4n) is 9.18. The number of fused-ring (bicyclic) bond motifs is 6. The lowest BCUT2D eigenvalue weighted by atomic mass is 10.1. The fourth-order valence-corrected chi connectivity index (χ4v) is 9.18. The van der Waals surface area contributed by atoms with Gasteiger partial charge < -0.3 is 19.8 Å². The molecule has 0 radical (unpaired) electrons. The SMILES string of the molecule is Cl.c1ccc(Cn2c3ccccc3c3cc(CNCCCCCCNCc4cc5c6ccccc6n(Cc6ccccc6)c5c(-c5ccccc5)n4)nc(-c4ccccc4)c32)cc1. The molecule has 0 saturated carbocycles. The summed E-state index contributed by atoms with van der Waals surface area (Å²) in [6.07, 6.45) is 4.64. The van der Waals surface area contributed by atoms with E-state index in [0.29, 0.717) is 0 Å². The Hall–Kier alpha value is -6.57. The number of para-hydroxylation sites is 2. The van der Waals surface area contributed by atoms with E-state index in [1.54, 1.807) is 0 Å². The monoisotopic (exact) mass is 844 g/mol. The van der Waals surface area contributed by atoms with Crippen LogP contribution in [0.3, 0.4) is 0 Å². The fraction of sp³-hybridized carbons (Fsp3) is 0.179. The van der Waals surface area contributed by atoms with E-state index in [1.807, 2.05) is 0 Å². The molecule has 0 aliphatic carbocycles. The Kier molecular flexibility index (Phi) is 13.0. The van der Waals surface area contributed by atoms with E-state index >= 15 is 0 Å². The molecule has 63 heavy (non-hydrogen) atoms. The van der Waals surface area contributed by atoms with Crippen molar-refractivity contribution in [3.63, 3.8) is 0 Å². The summed E-state index contributed by atoms with van der Waals surface area (Å²) in [6, 6.07) is 65.0. The smallest absolute Gasteiger partial charge is 0.0949 e. The molecule has 0 aliphatic rings. The Balaban J connectivity index is 0.00000504. The maximum Gasteiger partial charge on any atom is 0.0949 e. The topological polar surface area (TPSA) is 59.7 Å². The van der Waals surface area contributed by atoms with Crippen LogP contribution in [0.25, 0.3) is 66.1 Å². The standard InChI is InChI=1S/C56H52N6.ClH/c1(19-33-57-37-45-35-49-47-29-15-17-31-51(47)61(39-41-21-7-3-8-22-41)55(49)53(59-45)43-25-11-5-12-26-43)2-20-34-58-38-46-36-50-48-30-16-18-32-52(48)62(40-42-23-9-4-10-24-42)56(50)54(60-46)44-27-13-6-14-28-44;/h3-18,21-32,35-36,57-58H,1-2,19-20,33-34,37-40H2;1H. The van der Waals surface area contributed by atoms with Gasteiger partial charge in [0.2, 0.25) is 0 Å². The number of rotatable bonds is 17. The van der Waals surface area contributed by atoms with E-state index in [0.717, 1.165) is 86.0 Å². The maximum absolute atomic E-state index is 5.34. The molecule has 0 bridgehead atoms. The van der Waals surface area contributed by atoms with Gasteiger partial charge in [-0.1, -0.05) is 171 Å². The molecule has 7 heteroatoms. The summed E-state index contributed by atoms with van der Waals surface area (Å²) in [5.41, 5.74) is 13.9. The molecular weight excluding hydrogens is 792 g/mol. The van der Waals surface area contributed by atoms with Crippen LogP contribution in [0.5, 0.6) is 0 Å². The van der Waals surface area contributed by atoms with Crippen LogP contribution in [-0.4, -0.2) is 32.2 Å². The van der Waals surface area contributed by atoms with Gasteiger partial charge in [0.1, 0.15) is 0 Å². The summed E-state index contributed by atoms with van der Waals surface area (Å²) in [6.45, 7) is 5.00. The number of aromatic nitrogens is 4. The lowest BCUT2D eigenvalue weighted by Crippen LogP contribution is -2.17. The molecular formula is C56H53ClN6. The highest BCUT2D eigenvalue weighted by molar-refractivity contribution is 6.13. The van der Waals surface area contributed by atoms with E-state index in [9.17, 15) is 0 Å². The van der Waals surface area contributed by atoms with Crippen molar-refractivity contribution in [2.75, 3.05) is 13.1 Å². The van der Waals surface area contributed by atoms with Crippen LogP contribution < -0.4 is 10.6 Å². The molecule has 4 heterocycles. The molecule has 6 nitrogen and oxygen atoms in total. The average Bonchev–Trinajstić information content (AvgIpc) is 3.82. The zero-order valence-corrected chi connectivity index (χ0v) is 36.4. The lowest BCUT2D eigenvalue weighted by Gasteiger charge is -2.13. The van der Waals surface area contributed by atoms with Gasteiger partial charge in [0.15, 0.2) is 0 Å². The molecule has 10 aromatic rings. The molecule has 314 valence electrons. The molecule has 0 spiro atoms. The first-order valence-electron chi connectivity index (χ1n) is 22.2. The quantitative estimate of drug-likeness (QED) is 0.0897. The molecule has 10 rings (SSSR count). The highest BCUT2D eigenvalue weighted by Gasteiger charge is 2.20. The van der Waals surface area contributed by atoms with Crippen molar-refractivity contribution in [1.82, 2.24) is 29.7 Å². The normalized spacial score (nSPS) is 11.5. The molecule has 0 aliphatic heterocycles. The Labute approximate surface area is 376 Å². The van der Waals surface area contributed by atoms with Gasteiger partial charge in [-0.2, -0.15) is 0 Å². The van der Waals surface area contributed by atoms with Crippen LogP contribution >= 0.6 is 12.4 Å². The van der Waals surface area contributed by atoms with Crippen molar-refractivity contribution in [1.29, 1.82) is 0 Å². The van der Waals surface area contributed by atoms with Crippen LogP contribution in [0.1, 0.15) is 48.2 Å². The number of hydrogen-bond acceptors (Lipinski definition) is 4. The van der Waals surface area contributed by atoms with Gasteiger partial charge >= 0.3 is 0 Å². The summed E-state index contributed by atoms with van der Waals surface area (Å²) < 4.78 is 4.90. The summed E-state index contributed by atoms with van der Waals surface area (Å²) >= 11 is 0. The van der Waals surface area contributed by atoms with Gasteiger partial charge in [-0.15, -0.1) is 12.4 Å². The van der Waals surface area contributed by atoms with E-state index in [-0.39, 0.29) is 12.4 Å². The van der Waals surface area contributed by atoms with Crippen LogP contribution in [0.15, 0.2) is 182 Å². The minimum Gasteiger partial charge on any atom is -0.334 e. The number of hydrogen-bond donors (Lipinski definition) is 2. The third-order valence-corrected chi connectivity index (χ3v) is 12.1. The number of benzene rings is 6. The van der Waals surface area contributed by atoms with Crippen molar-refractivity contribution in [3.05, 3.63) is 205 Å². The van der Waals surface area contributed by atoms with E-state index in [1.165, 1.54) is 67.6 Å². The van der Waals surface area contributed by atoms with Crippen molar-refractivity contribution >= 4 is 56.0 Å². The van der Waals surface area contributed by atoms with Crippen LogP contribution in [-0.2, 0) is 26.2 Å². The van der Waals surface area contributed by atoms with E-state index in [2.05, 4.69) is 202 Å². The van der Waals surface area contributed by atoms with Crippen molar-refractivity contribution in [2.45, 2.75) is 51.9 Å². The highest BCUT2D eigenvalue weighted by atomic mass is 35.5. The largest absolute Gasteiger partial charge is 0.334 e. The van der Waals surface area contributed by atoms with Crippen LogP contribution in [0.2, 0.25) is 0 Å². The third-order valence-electron chi connectivity index (χ3n) is 12.1. The predicted octanol–water partition coefficient (Wildman–Crippen LogP) is 13.0. The molecule has 0 fully saturated rings. The number of nitrogens with one attached hydrogen (secondary N) is 2. The molecule has 6 aromatic carbocycles. The lowest BCUT2D eigenvalue weighted by molar-refractivity contribution is 0.559. The molecule has 0 atom stereocenters. The first kappa shape index (κ1) is 41.8. The average molecular weight is 846 g/mol. The van der Waals surface area contributed by atoms with Crippen LogP contribution in [0.4, 0.5) is 0 Å². The van der Waals surface area contributed by atoms with Gasteiger partial charge in [-0.05, 0) is 61.3 Å². The maximum atomic E-state index is 5.34. The summed E-state index contributed by atoms with van der Waals surface area (Å²) in [5, 5.41) is 12.5. The van der Waals surface area contributed by atoms with Gasteiger partial charge in [0, 0.05) is 69.9 Å². The second-order valence-corrected chi connectivity index (χ2v) is 16.4. The Morgan fingerprint density at radius 1 is 0.381 bits per heavy atom. The first-order valence-corrected chi connectivity index (χ1v) is 22.2. The van der Waals surface area contributed by atoms with Crippen LogP contribution in [0, 0.1) is 0 Å². The van der Waals surface area contributed by atoms with Crippen molar-refractivity contribution in [2.24, 2.45) is 0 Å². The molecule has 0 saturated heterocycles. The minimum absolute atomic E-state index is 0. The summed E-state index contributed by atoms with van der Waals surface area (Å²) in [4.78, 5) is 10.7.